The molecule has 0 spiro atoms. The predicted molar refractivity (Wildman–Crippen MR) is 64.4 cm³/mol. The zero-order valence-electron chi connectivity index (χ0n) is 10.4. The van der Waals surface area contributed by atoms with Crippen molar-refractivity contribution >= 4 is 5.91 Å². The summed E-state index contributed by atoms with van der Waals surface area (Å²) in [5.41, 5.74) is -0.393. The largest absolute Gasteiger partial charge is 0.374 e. The predicted octanol–water partition coefficient (Wildman–Crippen LogP) is 2.37. The van der Waals surface area contributed by atoms with Crippen molar-refractivity contribution in [1.29, 1.82) is 0 Å². The van der Waals surface area contributed by atoms with Crippen molar-refractivity contribution < 1.29 is 13.9 Å². The molecule has 94 valence electrons. The first-order valence-corrected chi connectivity index (χ1v) is 5.63. The number of ether oxygens (including phenoxy) is 1. The van der Waals surface area contributed by atoms with E-state index in [1.54, 1.807) is 12.1 Å². The Labute approximate surface area is 101 Å². The number of rotatable bonds is 5. The highest BCUT2D eigenvalue weighted by Crippen LogP contribution is 2.09. The Morgan fingerprint density at radius 3 is 2.65 bits per heavy atom. The van der Waals surface area contributed by atoms with Gasteiger partial charge in [0.15, 0.2) is 0 Å². The van der Waals surface area contributed by atoms with E-state index in [1.165, 1.54) is 12.1 Å². The molecule has 0 aromatic heterocycles. The summed E-state index contributed by atoms with van der Waals surface area (Å²) in [5, 5.41) is 2.66. The Kier molecular flexibility index (Phi) is 4.63. The molecule has 1 aromatic rings. The minimum absolute atomic E-state index is 0.0554. The van der Waals surface area contributed by atoms with Crippen LogP contribution >= 0.6 is 0 Å². The van der Waals surface area contributed by atoms with Crippen LogP contribution in [0, 0.1) is 5.82 Å². The van der Waals surface area contributed by atoms with Crippen LogP contribution in [0.25, 0.3) is 0 Å². The average molecular weight is 239 g/mol. The van der Waals surface area contributed by atoms with E-state index in [9.17, 15) is 9.18 Å². The fourth-order valence-electron chi connectivity index (χ4n) is 1.48. The zero-order chi connectivity index (χ0) is 12.9. The summed E-state index contributed by atoms with van der Waals surface area (Å²) in [6, 6.07) is 5.91. The molecule has 0 unspecified atom stereocenters. The highest BCUT2D eigenvalue weighted by atomic mass is 19.1. The Bertz CT molecular complexity index is 391. The summed E-state index contributed by atoms with van der Waals surface area (Å²) < 4.78 is 18.8. The highest BCUT2D eigenvalue weighted by molar-refractivity contribution is 5.94. The highest BCUT2D eigenvalue weighted by Gasteiger charge is 2.19. The van der Waals surface area contributed by atoms with Crippen molar-refractivity contribution in [1.82, 2.24) is 5.32 Å². The van der Waals surface area contributed by atoms with Gasteiger partial charge in [-0.3, -0.25) is 4.79 Å². The normalized spacial score (nSPS) is 11.3. The second-order valence-corrected chi connectivity index (χ2v) is 4.36. The molecule has 3 nitrogen and oxygen atoms in total. The summed E-state index contributed by atoms with van der Waals surface area (Å²) in [4.78, 5) is 11.7. The van der Waals surface area contributed by atoms with Gasteiger partial charge in [0.25, 0.3) is 5.91 Å². The van der Waals surface area contributed by atoms with Gasteiger partial charge in [0.05, 0.1) is 11.2 Å². The van der Waals surface area contributed by atoms with E-state index in [1.807, 2.05) is 20.8 Å². The first kappa shape index (κ1) is 13.6. The number of hydrogen-bond acceptors (Lipinski definition) is 2. The molecule has 0 saturated heterocycles. The zero-order valence-corrected chi connectivity index (χ0v) is 10.4. The van der Waals surface area contributed by atoms with Crippen LogP contribution < -0.4 is 5.32 Å². The van der Waals surface area contributed by atoms with E-state index in [-0.39, 0.29) is 5.56 Å². The molecule has 4 heteroatoms. The van der Waals surface area contributed by atoms with Gasteiger partial charge in [0, 0.05) is 13.2 Å². The van der Waals surface area contributed by atoms with E-state index in [4.69, 9.17) is 4.74 Å². The maximum absolute atomic E-state index is 13.3. The number of hydrogen-bond donors (Lipinski definition) is 1. The molecule has 0 heterocycles. The summed E-state index contributed by atoms with van der Waals surface area (Å²) in [5.74, 6) is -0.935. The molecule has 0 radical (unpaired) electrons. The molecule has 0 fully saturated rings. The molecular weight excluding hydrogens is 221 g/mol. The number of carbonyl (C=O) groups excluding carboxylic acids is 1. The van der Waals surface area contributed by atoms with Crippen molar-refractivity contribution in [2.45, 2.75) is 26.4 Å². The summed E-state index contributed by atoms with van der Waals surface area (Å²) >= 11 is 0. The van der Waals surface area contributed by atoms with Crippen molar-refractivity contribution in [2.75, 3.05) is 13.2 Å². The molecule has 1 rings (SSSR count). The molecule has 0 aliphatic heterocycles. The van der Waals surface area contributed by atoms with E-state index in [0.29, 0.717) is 13.2 Å². The smallest absolute Gasteiger partial charge is 0.254 e. The fourth-order valence-corrected chi connectivity index (χ4v) is 1.48. The third kappa shape index (κ3) is 4.15. The number of carbonyl (C=O) groups is 1. The van der Waals surface area contributed by atoms with Gasteiger partial charge in [0.2, 0.25) is 0 Å². The van der Waals surface area contributed by atoms with E-state index in [2.05, 4.69) is 5.32 Å². The number of halogens is 1. The van der Waals surface area contributed by atoms with E-state index < -0.39 is 17.3 Å². The summed E-state index contributed by atoms with van der Waals surface area (Å²) in [6.45, 7) is 6.55. The number of nitrogens with one attached hydrogen (secondary N) is 1. The van der Waals surface area contributed by atoms with Crippen molar-refractivity contribution in [3.63, 3.8) is 0 Å². The quantitative estimate of drug-likeness (QED) is 0.856. The number of amides is 1. The number of benzene rings is 1. The molecule has 0 aliphatic rings. The van der Waals surface area contributed by atoms with Gasteiger partial charge in [-0.2, -0.15) is 0 Å². The monoisotopic (exact) mass is 239 g/mol. The van der Waals surface area contributed by atoms with Crippen LogP contribution in [0.5, 0.6) is 0 Å². The topological polar surface area (TPSA) is 38.3 Å². The lowest BCUT2D eigenvalue weighted by molar-refractivity contribution is -0.00818. The second-order valence-electron chi connectivity index (χ2n) is 4.36. The summed E-state index contributed by atoms with van der Waals surface area (Å²) in [6.07, 6.45) is 0. The third-order valence-electron chi connectivity index (χ3n) is 2.33. The minimum Gasteiger partial charge on any atom is -0.374 e. The van der Waals surface area contributed by atoms with Gasteiger partial charge in [-0.15, -0.1) is 0 Å². The Hall–Kier alpha value is -1.42. The Morgan fingerprint density at radius 2 is 2.06 bits per heavy atom. The Morgan fingerprint density at radius 1 is 1.41 bits per heavy atom. The lowest BCUT2D eigenvalue weighted by atomic mass is 10.1. The second kappa shape index (κ2) is 5.77. The van der Waals surface area contributed by atoms with Crippen LogP contribution in [-0.4, -0.2) is 24.7 Å². The molecule has 0 saturated carbocycles. The molecule has 0 aliphatic carbocycles. The van der Waals surface area contributed by atoms with Gasteiger partial charge >= 0.3 is 0 Å². The van der Waals surface area contributed by atoms with Crippen LogP contribution in [0.3, 0.4) is 0 Å². The van der Waals surface area contributed by atoms with Crippen molar-refractivity contribution in [2.24, 2.45) is 0 Å². The van der Waals surface area contributed by atoms with E-state index in [0.717, 1.165) is 0 Å². The molecule has 0 bridgehead atoms. The molecule has 1 amide bonds. The maximum Gasteiger partial charge on any atom is 0.254 e. The lowest BCUT2D eigenvalue weighted by Crippen LogP contribution is -2.40. The van der Waals surface area contributed by atoms with Crippen LogP contribution in [0.1, 0.15) is 31.1 Å². The van der Waals surface area contributed by atoms with Crippen molar-refractivity contribution in [3.05, 3.63) is 35.6 Å². The molecule has 17 heavy (non-hydrogen) atoms. The van der Waals surface area contributed by atoms with Gasteiger partial charge in [-0.05, 0) is 32.9 Å². The van der Waals surface area contributed by atoms with Crippen LogP contribution in [0.15, 0.2) is 24.3 Å². The maximum atomic E-state index is 13.3. The average Bonchev–Trinajstić information content (AvgIpc) is 2.27. The van der Waals surface area contributed by atoms with E-state index >= 15 is 0 Å². The lowest BCUT2D eigenvalue weighted by Gasteiger charge is -2.24. The standard InChI is InChI=1S/C13H18FNO2/c1-4-17-13(2,3)9-15-12(16)10-7-5-6-8-11(10)14/h5-8H,4,9H2,1-3H3,(H,15,16). The first-order valence-electron chi connectivity index (χ1n) is 5.63. The van der Waals surface area contributed by atoms with Gasteiger partial charge in [-0.25, -0.2) is 4.39 Å². The molecular formula is C13H18FNO2. The van der Waals surface area contributed by atoms with Gasteiger partial charge in [0.1, 0.15) is 5.82 Å². The SMILES string of the molecule is CCOC(C)(C)CNC(=O)c1ccccc1F. The Balaban J connectivity index is 2.59. The van der Waals surface area contributed by atoms with Crippen molar-refractivity contribution in [3.8, 4) is 0 Å². The summed E-state index contributed by atoms with van der Waals surface area (Å²) in [7, 11) is 0. The van der Waals surface area contributed by atoms with Crippen LogP contribution in [0.2, 0.25) is 0 Å². The van der Waals surface area contributed by atoms with Gasteiger partial charge in [-0.1, -0.05) is 12.1 Å². The molecule has 1 aromatic carbocycles. The first-order chi connectivity index (χ1) is 7.96. The van der Waals surface area contributed by atoms with Crippen LogP contribution in [-0.2, 0) is 4.74 Å². The van der Waals surface area contributed by atoms with Gasteiger partial charge < -0.3 is 10.1 Å². The fraction of sp³-hybridized carbons (Fsp3) is 0.462. The molecule has 0 atom stereocenters. The minimum atomic E-state index is -0.515. The van der Waals surface area contributed by atoms with Crippen LogP contribution in [0.4, 0.5) is 4.39 Å². The third-order valence-corrected chi connectivity index (χ3v) is 2.33. The molecule has 1 N–H and O–H groups in total.